The Bertz CT molecular complexity index is 667. The molecule has 1 aromatic heterocycles. The van der Waals surface area contributed by atoms with Crippen LogP contribution in [0.2, 0.25) is 0 Å². The van der Waals surface area contributed by atoms with E-state index in [2.05, 4.69) is 9.72 Å². The lowest BCUT2D eigenvalue weighted by Gasteiger charge is -2.07. The first-order valence-electron chi connectivity index (χ1n) is 6.34. The molecular weight excluding hydrogens is 322 g/mol. The van der Waals surface area contributed by atoms with Gasteiger partial charge < -0.3 is 14.6 Å². The molecule has 2 rings (SSSR count). The molecule has 1 aromatic carbocycles. The van der Waals surface area contributed by atoms with Crippen molar-refractivity contribution in [1.29, 1.82) is 0 Å². The summed E-state index contributed by atoms with van der Waals surface area (Å²) in [6.45, 7) is 0.199. The van der Waals surface area contributed by atoms with Gasteiger partial charge in [0.1, 0.15) is 17.9 Å². The molecule has 0 radical (unpaired) electrons. The second kappa shape index (κ2) is 7.86. The van der Waals surface area contributed by atoms with Gasteiger partial charge in [-0.25, -0.2) is 9.78 Å². The van der Waals surface area contributed by atoms with Crippen molar-refractivity contribution in [3.63, 3.8) is 0 Å². The van der Waals surface area contributed by atoms with Gasteiger partial charge in [-0.3, -0.25) is 0 Å². The molecule has 0 bridgehead atoms. The van der Waals surface area contributed by atoms with Crippen LogP contribution in [-0.4, -0.2) is 29.4 Å². The lowest BCUT2D eigenvalue weighted by atomic mass is 10.2. The number of esters is 1. The fraction of sp³-hybridized carbons (Fsp3) is 0.200. The molecule has 0 atom stereocenters. The average molecular weight is 337 g/mol. The maximum atomic E-state index is 11.7. The highest BCUT2D eigenvalue weighted by atomic mass is 32.2. The third-order valence-corrected chi connectivity index (χ3v) is 4.87. The summed E-state index contributed by atoms with van der Waals surface area (Å²) in [6.07, 6.45) is 2.64. The Morgan fingerprint density at radius 2 is 2.14 bits per heavy atom. The number of aromatic nitrogens is 1. The van der Waals surface area contributed by atoms with E-state index in [9.17, 15) is 9.90 Å². The number of nitrogens with zero attached hydrogens (tertiary/aromatic N) is 1. The molecule has 0 saturated heterocycles. The second-order valence-electron chi connectivity index (χ2n) is 4.10. The smallest absolute Gasteiger partial charge is 0.342 e. The topological polar surface area (TPSA) is 68.7 Å². The predicted octanol–water partition coefficient (Wildman–Crippen LogP) is 3.52. The van der Waals surface area contributed by atoms with Crippen LogP contribution in [-0.2, 0) is 16.1 Å². The van der Waals surface area contributed by atoms with Crippen molar-refractivity contribution in [2.24, 2.45) is 0 Å². The number of benzene rings is 1. The first kappa shape index (κ1) is 16.4. The summed E-state index contributed by atoms with van der Waals surface area (Å²) in [6, 6.07) is 9.32. The van der Waals surface area contributed by atoms with E-state index in [0.29, 0.717) is 16.3 Å². The Hall–Kier alpha value is -1.99. The van der Waals surface area contributed by atoms with Crippen LogP contribution in [0.5, 0.6) is 5.75 Å². The Morgan fingerprint density at radius 3 is 2.73 bits per heavy atom. The maximum Gasteiger partial charge on any atom is 0.342 e. The number of hydrogen-bond donors (Lipinski definition) is 1. The number of rotatable bonds is 6. The Morgan fingerprint density at radius 1 is 1.41 bits per heavy atom. The van der Waals surface area contributed by atoms with Crippen LogP contribution in [0.1, 0.15) is 10.6 Å². The van der Waals surface area contributed by atoms with Gasteiger partial charge in [-0.15, -0.1) is 11.3 Å². The molecule has 0 unspecified atom stereocenters. The van der Waals surface area contributed by atoms with E-state index < -0.39 is 5.97 Å². The van der Waals surface area contributed by atoms with Crippen LogP contribution in [0.4, 0.5) is 0 Å². The molecular formula is C15H15NO4S2. The summed E-state index contributed by atoms with van der Waals surface area (Å²) in [5.74, 6) is 0.0968. The average Bonchev–Trinajstić information content (AvgIpc) is 2.97. The van der Waals surface area contributed by atoms with Gasteiger partial charge >= 0.3 is 5.97 Å². The normalized spacial score (nSPS) is 11.3. The first-order valence-corrected chi connectivity index (χ1v) is 8.38. The predicted molar refractivity (Wildman–Crippen MR) is 87.3 cm³/mol. The SMILES string of the molecule is COC(=O)C(=CO)c1sc(SC)nc1COc1ccccc1. The van der Waals surface area contributed by atoms with Gasteiger partial charge in [0.05, 0.1) is 23.9 Å². The zero-order valence-corrected chi connectivity index (χ0v) is 13.7. The highest BCUT2D eigenvalue weighted by Crippen LogP contribution is 2.32. The highest BCUT2D eigenvalue weighted by Gasteiger charge is 2.21. The minimum Gasteiger partial charge on any atom is -0.515 e. The lowest BCUT2D eigenvalue weighted by molar-refractivity contribution is -0.133. The number of methoxy groups -OCH3 is 1. The van der Waals surface area contributed by atoms with E-state index in [1.54, 1.807) is 0 Å². The van der Waals surface area contributed by atoms with Crippen LogP contribution >= 0.6 is 23.1 Å². The number of carbonyl (C=O) groups excluding carboxylic acids is 1. The molecule has 1 heterocycles. The zero-order valence-electron chi connectivity index (χ0n) is 12.1. The van der Waals surface area contributed by atoms with Gasteiger partial charge in [-0.05, 0) is 18.4 Å². The van der Waals surface area contributed by atoms with Crippen LogP contribution in [0.25, 0.3) is 5.57 Å². The van der Waals surface area contributed by atoms with Crippen molar-refractivity contribution in [3.8, 4) is 5.75 Å². The van der Waals surface area contributed by atoms with Crippen molar-refractivity contribution in [1.82, 2.24) is 4.98 Å². The quantitative estimate of drug-likeness (QED) is 0.376. The largest absolute Gasteiger partial charge is 0.515 e. The van der Waals surface area contributed by atoms with Crippen LogP contribution in [0.3, 0.4) is 0 Å². The molecule has 22 heavy (non-hydrogen) atoms. The molecule has 0 aliphatic heterocycles. The molecule has 7 heteroatoms. The number of aliphatic hydroxyl groups excluding tert-OH is 1. The summed E-state index contributed by atoms with van der Waals surface area (Å²) >= 11 is 2.78. The minimum atomic E-state index is -0.611. The molecule has 0 saturated carbocycles. The third kappa shape index (κ3) is 3.80. The van der Waals surface area contributed by atoms with Gasteiger partial charge in [0, 0.05) is 0 Å². The van der Waals surface area contributed by atoms with Gasteiger partial charge in [-0.2, -0.15) is 0 Å². The number of hydrogen-bond acceptors (Lipinski definition) is 7. The second-order valence-corrected chi connectivity index (χ2v) is 6.15. The fourth-order valence-electron chi connectivity index (χ4n) is 1.71. The molecule has 0 aliphatic carbocycles. The molecule has 0 amide bonds. The van der Waals surface area contributed by atoms with E-state index >= 15 is 0 Å². The van der Waals surface area contributed by atoms with E-state index in [1.807, 2.05) is 36.6 Å². The van der Waals surface area contributed by atoms with E-state index in [4.69, 9.17) is 4.74 Å². The van der Waals surface area contributed by atoms with Gasteiger partial charge in [0.25, 0.3) is 0 Å². The van der Waals surface area contributed by atoms with Crippen molar-refractivity contribution in [2.45, 2.75) is 10.9 Å². The van der Waals surface area contributed by atoms with Crippen molar-refractivity contribution in [2.75, 3.05) is 13.4 Å². The standard InChI is InChI=1S/C15H15NO4S2/c1-19-14(18)11(8-17)13-12(16-15(21-2)22-13)9-20-10-6-4-3-5-7-10/h3-8,17H,9H2,1-2H3. The van der Waals surface area contributed by atoms with Crippen molar-refractivity contribution >= 4 is 34.6 Å². The van der Waals surface area contributed by atoms with Gasteiger partial charge in [-0.1, -0.05) is 30.0 Å². The van der Waals surface area contributed by atoms with Crippen LogP contribution in [0.15, 0.2) is 40.9 Å². The van der Waals surface area contributed by atoms with Crippen LogP contribution in [0, 0.1) is 0 Å². The van der Waals surface area contributed by atoms with Crippen molar-refractivity contribution in [3.05, 3.63) is 47.2 Å². The Kier molecular flexibility index (Phi) is 5.85. The minimum absolute atomic E-state index is 0.0759. The number of carbonyl (C=O) groups is 1. The molecule has 0 fully saturated rings. The number of thiazole rings is 1. The molecule has 1 N–H and O–H groups in total. The van der Waals surface area contributed by atoms with Gasteiger partial charge in [0.2, 0.25) is 0 Å². The molecule has 2 aromatic rings. The number of aliphatic hydroxyl groups is 1. The van der Waals surface area contributed by atoms with E-state index in [-0.39, 0.29) is 12.2 Å². The zero-order chi connectivity index (χ0) is 15.9. The summed E-state index contributed by atoms with van der Waals surface area (Å²) < 4.78 is 11.1. The van der Waals surface area contributed by atoms with E-state index in [0.717, 1.165) is 10.6 Å². The fourth-order valence-corrected chi connectivity index (χ4v) is 3.29. The summed E-state index contributed by atoms with van der Waals surface area (Å²) in [5, 5.41) is 9.34. The summed E-state index contributed by atoms with van der Waals surface area (Å²) in [4.78, 5) is 16.7. The Labute approximate surface area is 136 Å². The monoisotopic (exact) mass is 337 g/mol. The van der Waals surface area contributed by atoms with E-state index in [1.165, 1.54) is 30.2 Å². The summed E-state index contributed by atoms with van der Waals surface area (Å²) in [7, 11) is 1.27. The lowest BCUT2D eigenvalue weighted by Crippen LogP contribution is -2.06. The molecule has 5 nitrogen and oxygen atoms in total. The third-order valence-electron chi connectivity index (χ3n) is 2.75. The van der Waals surface area contributed by atoms with Crippen LogP contribution < -0.4 is 4.74 Å². The summed E-state index contributed by atoms with van der Waals surface area (Å²) in [5.41, 5.74) is 0.663. The molecule has 0 aliphatic rings. The Balaban J connectivity index is 2.26. The highest BCUT2D eigenvalue weighted by molar-refractivity contribution is 8.00. The van der Waals surface area contributed by atoms with Gasteiger partial charge in [0.15, 0.2) is 4.34 Å². The maximum absolute atomic E-state index is 11.7. The number of thioether (sulfide) groups is 1. The van der Waals surface area contributed by atoms with Crippen molar-refractivity contribution < 1.29 is 19.4 Å². The molecule has 0 spiro atoms. The molecule has 116 valence electrons. The first-order chi connectivity index (χ1) is 10.7. The number of para-hydroxylation sites is 1. The number of ether oxygens (including phenoxy) is 2.